The highest BCUT2D eigenvalue weighted by Crippen LogP contribution is 2.32. The molecule has 9 nitrogen and oxygen atoms in total. The summed E-state index contributed by atoms with van der Waals surface area (Å²) < 4.78 is 34.1. The summed E-state index contributed by atoms with van der Waals surface area (Å²) in [5, 5.41) is 2.00. The Bertz CT molecular complexity index is 1040. The standard InChI is InChI=1S/C21H27N3O6S/c1-6-21(2,3)15-12-22-19(31(5,27)28)23-16(15)17(18(25)29-4)24-20(26)30-13-14-10-8-7-9-11-14/h7-12,17H,6,13H2,1-5H3,(H,24,26). The van der Waals surface area contributed by atoms with Crippen molar-refractivity contribution in [2.75, 3.05) is 13.4 Å². The SMILES string of the molecule is CCC(C)(C)c1cnc(S(C)(=O)=O)nc1C(NC(=O)OCc1ccccc1)C(=O)OC. The number of nitrogens with one attached hydrogen (secondary N) is 1. The first-order valence-electron chi connectivity index (χ1n) is 9.62. The number of esters is 1. The third kappa shape index (κ3) is 6.24. The van der Waals surface area contributed by atoms with Gasteiger partial charge in [-0.25, -0.2) is 28.0 Å². The van der Waals surface area contributed by atoms with Crippen molar-refractivity contribution in [1.29, 1.82) is 0 Å². The van der Waals surface area contributed by atoms with Gasteiger partial charge in [0.25, 0.3) is 0 Å². The van der Waals surface area contributed by atoms with Gasteiger partial charge in [0.2, 0.25) is 15.0 Å². The van der Waals surface area contributed by atoms with Gasteiger partial charge in [-0.1, -0.05) is 51.1 Å². The number of benzene rings is 1. The van der Waals surface area contributed by atoms with E-state index >= 15 is 0 Å². The van der Waals surface area contributed by atoms with E-state index in [1.165, 1.54) is 6.20 Å². The van der Waals surface area contributed by atoms with E-state index in [-0.39, 0.29) is 12.3 Å². The molecule has 0 radical (unpaired) electrons. The van der Waals surface area contributed by atoms with E-state index in [0.29, 0.717) is 12.0 Å². The Kier molecular flexibility index (Phi) is 7.72. The van der Waals surface area contributed by atoms with Crippen molar-refractivity contribution in [1.82, 2.24) is 15.3 Å². The van der Waals surface area contributed by atoms with Crippen molar-refractivity contribution >= 4 is 21.9 Å². The van der Waals surface area contributed by atoms with Crippen LogP contribution in [0.4, 0.5) is 4.79 Å². The predicted octanol–water partition coefficient (Wildman–Crippen LogP) is 2.71. The molecule has 0 spiro atoms. The molecule has 10 heteroatoms. The number of nitrogens with zero attached hydrogens (tertiary/aromatic N) is 2. The van der Waals surface area contributed by atoms with Gasteiger partial charge >= 0.3 is 12.1 Å². The van der Waals surface area contributed by atoms with Crippen molar-refractivity contribution in [3.63, 3.8) is 0 Å². The summed E-state index contributed by atoms with van der Waals surface area (Å²) in [4.78, 5) is 33.1. The summed E-state index contributed by atoms with van der Waals surface area (Å²) in [6.07, 6.45) is 2.10. The van der Waals surface area contributed by atoms with Crippen LogP contribution in [0.25, 0.3) is 0 Å². The van der Waals surface area contributed by atoms with Crippen LogP contribution in [0, 0.1) is 0 Å². The Labute approximate surface area is 182 Å². The van der Waals surface area contributed by atoms with E-state index in [4.69, 9.17) is 9.47 Å². The van der Waals surface area contributed by atoms with Gasteiger partial charge in [0.1, 0.15) is 6.61 Å². The zero-order valence-electron chi connectivity index (χ0n) is 18.2. The Morgan fingerprint density at radius 2 is 1.84 bits per heavy atom. The van der Waals surface area contributed by atoms with Crippen LogP contribution >= 0.6 is 0 Å². The molecule has 0 bridgehead atoms. The number of alkyl carbamates (subject to hydrolysis) is 1. The maximum Gasteiger partial charge on any atom is 0.408 e. The quantitative estimate of drug-likeness (QED) is 0.482. The largest absolute Gasteiger partial charge is 0.467 e. The molecule has 2 rings (SSSR count). The van der Waals surface area contributed by atoms with Gasteiger partial charge in [-0.3, -0.25) is 0 Å². The number of amides is 1. The Hall–Kier alpha value is -3.01. The lowest BCUT2D eigenvalue weighted by Gasteiger charge is -2.28. The van der Waals surface area contributed by atoms with Gasteiger partial charge in [-0.2, -0.15) is 0 Å². The van der Waals surface area contributed by atoms with Crippen LogP contribution in [0.15, 0.2) is 41.7 Å². The van der Waals surface area contributed by atoms with Gasteiger partial charge in [-0.05, 0) is 17.4 Å². The smallest absolute Gasteiger partial charge is 0.408 e. The first-order valence-corrected chi connectivity index (χ1v) is 11.5. The predicted molar refractivity (Wildman–Crippen MR) is 113 cm³/mol. The molecule has 2 aromatic rings. The molecule has 1 N–H and O–H groups in total. The van der Waals surface area contributed by atoms with Crippen LogP contribution in [0.3, 0.4) is 0 Å². The fraction of sp³-hybridized carbons (Fsp3) is 0.429. The van der Waals surface area contributed by atoms with E-state index < -0.39 is 38.5 Å². The van der Waals surface area contributed by atoms with Gasteiger partial charge in [-0.15, -0.1) is 0 Å². The molecule has 1 amide bonds. The molecule has 0 fully saturated rings. The number of aromatic nitrogens is 2. The minimum atomic E-state index is -3.75. The maximum absolute atomic E-state index is 12.5. The Balaban J connectivity index is 2.43. The van der Waals surface area contributed by atoms with Gasteiger partial charge in [0.15, 0.2) is 6.04 Å². The van der Waals surface area contributed by atoms with E-state index in [2.05, 4.69) is 15.3 Å². The number of rotatable bonds is 8. The molecule has 1 aromatic heterocycles. The zero-order valence-corrected chi connectivity index (χ0v) is 19.0. The van der Waals surface area contributed by atoms with E-state index in [0.717, 1.165) is 18.9 Å². The molecule has 1 atom stereocenters. The van der Waals surface area contributed by atoms with Crippen LogP contribution in [0.5, 0.6) is 0 Å². The average molecular weight is 450 g/mol. The van der Waals surface area contributed by atoms with E-state index in [1.807, 2.05) is 26.8 Å². The van der Waals surface area contributed by atoms with E-state index in [9.17, 15) is 18.0 Å². The van der Waals surface area contributed by atoms with Crippen molar-refractivity contribution in [3.05, 3.63) is 53.3 Å². The number of carbonyl (C=O) groups is 2. The lowest BCUT2D eigenvalue weighted by molar-refractivity contribution is -0.143. The highest BCUT2D eigenvalue weighted by molar-refractivity contribution is 7.90. The minimum absolute atomic E-state index is 0.00770. The fourth-order valence-electron chi connectivity index (χ4n) is 2.73. The number of hydrogen-bond donors (Lipinski definition) is 1. The number of methoxy groups -OCH3 is 1. The Morgan fingerprint density at radius 1 is 1.19 bits per heavy atom. The summed E-state index contributed by atoms with van der Waals surface area (Å²) in [7, 11) is -2.59. The molecule has 1 heterocycles. The molecule has 1 aromatic carbocycles. The molecule has 31 heavy (non-hydrogen) atoms. The van der Waals surface area contributed by atoms with Gasteiger partial charge < -0.3 is 14.8 Å². The minimum Gasteiger partial charge on any atom is -0.467 e. The van der Waals surface area contributed by atoms with Gasteiger partial charge in [0.05, 0.1) is 12.8 Å². The lowest BCUT2D eigenvalue weighted by atomic mass is 9.81. The van der Waals surface area contributed by atoms with E-state index in [1.54, 1.807) is 24.3 Å². The average Bonchev–Trinajstić information content (AvgIpc) is 2.75. The monoisotopic (exact) mass is 449 g/mol. The number of hydrogen-bond acceptors (Lipinski definition) is 8. The second kappa shape index (κ2) is 9.86. The molecule has 0 aliphatic heterocycles. The Morgan fingerprint density at radius 3 is 2.39 bits per heavy atom. The first kappa shape index (κ1) is 24.3. The van der Waals surface area contributed by atoms with Crippen LogP contribution in [-0.2, 0) is 36.1 Å². The molecule has 0 saturated carbocycles. The lowest BCUT2D eigenvalue weighted by Crippen LogP contribution is -2.37. The van der Waals surface area contributed by atoms with Crippen molar-refractivity contribution in [3.8, 4) is 0 Å². The van der Waals surface area contributed by atoms with Gasteiger partial charge in [0, 0.05) is 18.0 Å². The van der Waals surface area contributed by atoms with Crippen LogP contribution in [-0.4, -0.2) is 43.8 Å². The summed E-state index contributed by atoms with van der Waals surface area (Å²) in [5.74, 6) is -0.817. The molecule has 168 valence electrons. The van der Waals surface area contributed by atoms with Crippen molar-refractivity contribution in [2.45, 2.75) is 50.4 Å². The second-order valence-corrected chi connectivity index (χ2v) is 9.53. The van der Waals surface area contributed by atoms with Crippen molar-refractivity contribution < 1.29 is 27.5 Å². The van der Waals surface area contributed by atoms with Crippen LogP contribution in [0.1, 0.15) is 50.1 Å². The summed E-state index contributed by atoms with van der Waals surface area (Å²) >= 11 is 0. The second-order valence-electron chi connectivity index (χ2n) is 7.62. The molecule has 1 unspecified atom stereocenters. The molecular formula is C21H27N3O6S. The molecule has 0 saturated heterocycles. The third-order valence-electron chi connectivity index (χ3n) is 4.93. The van der Waals surface area contributed by atoms with Crippen molar-refractivity contribution in [2.24, 2.45) is 0 Å². The number of ether oxygens (including phenoxy) is 2. The first-order chi connectivity index (χ1) is 14.5. The number of sulfone groups is 1. The van der Waals surface area contributed by atoms with Crippen LogP contribution in [0.2, 0.25) is 0 Å². The summed E-state index contributed by atoms with van der Waals surface area (Å²) in [5.41, 5.74) is 0.821. The zero-order chi connectivity index (χ0) is 23.2. The maximum atomic E-state index is 12.5. The number of carbonyl (C=O) groups excluding carboxylic acids is 2. The summed E-state index contributed by atoms with van der Waals surface area (Å²) in [6, 6.07) is 7.65. The molecule has 0 aliphatic carbocycles. The molecule has 0 aliphatic rings. The molecular weight excluding hydrogens is 422 g/mol. The highest BCUT2D eigenvalue weighted by atomic mass is 32.2. The normalized spacial score (nSPS) is 12.7. The third-order valence-corrected chi connectivity index (χ3v) is 5.79. The highest BCUT2D eigenvalue weighted by Gasteiger charge is 2.34. The topological polar surface area (TPSA) is 125 Å². The van der Waals surface area contributed by atoms with Crippen LogP contribution < -0.4 is 5.32 Å². The summed E-state index contributed by atoms with van der Waals surface area (Å²) in [6.45, 7) is 5.73. The fourth-order valence-corrected chi connectivity index (χ4v) is 3.24.